The summed E-state index contributed by atoms with van der Waals surface area (Å²) in [7, 11) is 1.22. The number of halogens is 3. The summed E-state index contributed by atoms with van der Waals surface area (Å²) in [6, 6.07) is 4.57. The zero-order valence-corrected chi connectivity index (χ0v) is 11.5. The van der Waals surface area contributed by atoms with E-state index < -0.39 is 23.8 Å². The fraction of sp³-hybridized carbons (Fsp3) is 0.500. The Morgan fingerprint density at radius 2 is 2.00 bits per heavy atom. The predicted molar refractivity (Wildman–Crippen MR) is 69.1 cm³/mol. The largest absolute Gasteiger partial charge is 0.469 e. The third-order valence-corrected chi connectivity index (χ3v) is 2.88. The highest BCUT2D eigenvalue weighted by Crippen LogP contribution is 2.35. The first-order valence-electron chi connectivity index (χ1n) is 6.36. The summed E-state index contributed by atoms with van der Waals surface area (Å²) in [6.07, 6.45) is -3.83. The van der Waals surface area contributed by atoms with Crippen LogP contribution in [-0.4, -0.2) is 19.6 Å². The Kier molecular flexibility index (Phi) is 6.01. The molecule has 0 spiro atoms. The van der Waals surface area contributed by atoms with E-state index in [1.807, 2.05) is 6.92 Å². The first-order valence-corrected chi connectivity index (χ1v) is 6.36. The average Bonchev–Trinajstić information content (AvgIpc) is 2.42. The van der Waals surface area contributed by atoms with Crippen LogP contribution < -0.4 is 5.32 Å². The van der Waals surface area contributed by atoms with Crippen molar-refractivity contribution in [2.24, 2.45) is 0 Å². The number of alkyl halides is 3. The maximum Gasteiger partial charge on any atom is 0.416 e. The van der Waals surface area contributed by atoms with Crippen molar-refractivity contribution in [2.75, 3.05) is 13.7 Å². The molecule has 0 fully saturated rings. The number of hydrogen-bond acceptors (Lipinski definition) is 3. The summed E-state index contributed by atoms with van der Waals surface area (Å²) in [5, 5.41) is 2.96. The van der Waals surface area contributed by atoms with Gasteiger partial charge in [-0.2, -0.15) is 13.2 Å². The quantitative estimate of drug-likeness (QED) is 0.817. The zero-order valence-electron chi connectivity index (χ0n) is 11.5. The lowest BCUT2D eigenvalue weighted by Crippen LogP contribution is -2.27. The minimum Gasteiger partial charge on any atom is -0.469 e. The first-order chi connectivity index (χ1) is 9.40. The highest BCUT2D eigenvalue weighted by molar-refractivity contribution is 5.70. The van der Waals surface area contributed by atoms with Gasteiger partial charge in [-0.3, -0.25) is 4.79 Å². The van der Waals surface area contributed by atoms with Crippen LogP contribution in [0.5, 0.6) is 0 Å². The molecule has 3 nitrogen and oxygen atoms in total. The average molecular weight is 289 g/mol. The molecule has 0 heterocycles. The maximum atomic E-state index is 13.0. The molecular formula is C14H18F3NO2. The topological polar surface area (TPSA) is 38.3 Å². The van der Waals surface area contributed by atoms with Crippen LogP contribution in [0.4, 0.5) is 13.2 Å². The van der Waals surface area contributed by atoms with Crippen LogP contribution in [-0.2, 0) is 15.7 Å². The molecule has 0 saturated heterocycles. The fourth-order valence-corrected chi connectivity index (χ4v) is 1.92. The summed E-state index contributed by atoms with van der Waals surface area (Å²) < 4.78 is 43.6. The molecule has 0 bridgehead atoms. The van der Waals surface area contributed by atoms with Crippen molar-refractivity contribution >= 4 is 5.97 Å². The van der Waals surface area contributed by atoms with Gasteiger partial charge < -0.3 is 10.1 Å². The summed E-state index contributed by atoms with van der Waals surface area (Å²) in [5.74, 6) is -0.546. The third-order valence-electron chi connectivity index (χ3n) is 2.88. The number of hydrogen-bond donors (Lipinski definition) is 1. The second-order valence-corrected chi connectivity index (χ2v) is 4.37. The highest BCUT2D eigenvalue weighted by atomic mass is 19.4. The second kappa shape index (κ2) is 7.28. The van der Waals surface area contributed by atoms with Gasteiger partial charge in [-0.25, -0.2) is 0 Å². The Balaban J connectivity index is 3.09. The smallest absolute Gasteiger partial charge is 0.416 e. The summed E-state index contributed by atoms with van der Waals surface area (Å²) in [5.41, 5.74) is -0.656. The van der Waals surface area contributed by atoms with Gasteiger partial charge >= 0.3 is 12.1 Å². The Bertz CT molecular complexity index is 446. The van der Waals surface area contributed by atoms with Crippen molar-refractivity contribution in [1.29, 1.82) is 0 Å². The van der Waals surface area contributed by atoms with E-state index in [1.54, 1.807) is 0 Å². The van der Waals surface area contributed by atoms with Gasteiger partial charge in [0.05, 0.1) is 19.1 Å². The zero-order chi connectivity index (χ0) is 15.2. The molecule has 0 aliphatic rings. The molecule has 0 aliphatic heterocycles. The monoisotopic (exact) mass is 289 g/mol. The summed E-state index contributed by atoms with van der Waals surface area (Å²) in [6.45, 7) is 2.42. The first kappa shape index (κ1) is 16.5. The fourth-order valence-electron chi connectivity index (χ4n) is 1.92. The van der Waals surface area contributed by atoms with Crippen LogP contribution >= 0.6 is 0 Å². The van der Waals surface area contributed by atoms with E-state index in [-0.39, 0.29) is 12.0 Å². The molecule has 0 radical (unpaired) electrons. The number of carbonyl (C=O) groups excluding carboxylic acids is 1. The lowest BCUT2D eigenvalue weighted by Gasteiger charge is -2.22. The summed E-state index contributed by atoms with van der Waals surface area (Å²) >= 11 is 0. The van der Waals surface area contributed by atoms with Crippen molar-refractivity contribution in [3.63, 3.8) is 0 Å². The number of carbonyl (C=O) groups is 1. The lowest BCUT2D eigenvalue weighted by molar-refractivity contribution is -0.143. The van der Waals surface area contributed by atoms with Gasteiger partial charge in [-0.15, -0.1) is 0 Å². The number of methoxy groups -OCH3 is 1. The molecule has 20 heavy (non-hydrogen) atoms. The van der Waals surface area contributed by atoms with Crippen LogP contribution in [0.3, 0.4) is 0 Å². The molecule has 0 saturated carbocycles. The predicted octanol–water partition coefficient (Wildman–Crippen LogP) is 3.31. The van der Waals surface area contributed by atoms with E-state index >= 15 is 0 Å². The van der Waals surface area contributed by atoms with E-state index in [1.165, 1.54) is 25.3 Å². The number of esters is 1. The van der Waals surface area contributed by atoms with Crippen molar-refractivity contribution in [3.8, 4) is 0 Å². The molecule has 1 rings (SSSR count). The molecule has 6 heteroatoms. The molecule has 0 aliphatic carbocycles. The van der Waals surface area contributed by atoms with E-state index in [9.17, 15) is 18.0 Å². The standard InChI is InChI=1S/C14H18F3NO2/c1-3-8-18-12(9-13(19)20-2)10-6-4-5-7-11(10)14(15,16)17/h4-7,12,18H,3,8-9H2,1-2H3. The molecule has 112 valence electrons. The van der Waals surface area contributed by atoms with Gasteiger partial charge in [0.1, 0.15) is 0 Å². The van der Waals surface area contributed by atoms with Gasteiger partial charge in [0.2, 0.25) is 0 Å². The number of rotatable bonds is 6. The minimum absolute atomic E-state index is 0.0684. The van der Waals surface area contributed by atoms with Crippen molar-refractivity contribution in [1.82, 2.24) is 5.32 Å². The van der Waals surface area contributed by atoms with E-state index in [0.717, 1.165) is 12.5 Å². The van der Waals surface area contributed by atoms with Gasteiger partial charge in [0.25, 0.3) is 0 Å². The van der Waals surface area contributed by atoms with Crippen LogP contribution in [0.15, 0.2) is 24.3 Å². The Hall–Kier alpha value is -1.56. The summed E-state index contributed by atoms with van der Waals surface area (Å²) in [4.78, 5) is 11.4. The molecule has 1 aromatic carbocycles. The molecule has 1 N–H and O–H groups in total. The lowest BCUT2D eigenvalue weighted by atomic mass is 9.97. The molecule has 0 aromatic heterocycles. The van der Waals surface area contributed by atoms with Gasteiger partial charge in [-0.05, 0) is 24.6 Å². The Morgan fingerprint density at radius 3 is 2.55 bits per heavy atom. The van der Waals surface area contributed by atoms with E-state index in [4.69, 9.17) is 0 Å². The van der Waals surface area contributed by atoms with E-state index in [2.05, 4.69) is 10.1 Å². The normalized spacial score (nSPS) is 13.1. The van der Waals surface area contributed by atoms with Crippen molar-refractivity contribution in [2.45, 2.75) is 32.0 Å². The molecule has 1 atom stereocenters. The molecule has 0 amide bonds. The van der Waals surface area contributed by atoms with E-state index in [0.29, 0.717) is 6.54 Å². The third kappa shape index (κ3) is 4.52. The van der Waals surface area contributed by atoms with Gasteiger partial charge in [0.15, 0.2) is 0 Å². The Labute approximate surface area is 116 Å². The molecule has 1 aromatic rings. The SMILES string of the molecule is CCCNC(CC(=O)OC)c1ccccc1C(F)(F)F. The van der Waals surface area contributed by atoms with Gasteiger partial charge in [-0.1, -0.05) is 25.1 Å². The molecule has 1 unspecified atom stereocenters. The van der Waals surface area contributed by atoms with Gasteiger partial charge in [0, 0.05) is 6.04 Å². The van der Waals surface area contributed by atoms with Crippen molar-refractivity contribution in [3.05, 3.63) is 35.4 Å². The minimum atomic E-state index is -4.45. The number of benzene rings is 1. The highest BCUT2D eigenvalue weighted by Gasteiger charge is 2.35. The van der Waals surface area contributed by atoms with Crippen LogP contribution in [0.2, 0.25) is 0 Å². The second-order valence-electron chi connectivity index (χ2n) is 4.37. The maximum absolute atomic E-state index is 13.0. The van der Waals surface area contributed by atoms with Crippen molar-refractivity contribution < 1.29 is 22.7 Å². The molecular weight excluding hydrogens is 271 g/mol. The van der Waals surface area contributed by atoms with Crippen LogP contribution in [0, 0.1) is 0 Å². The number of ether oxygens (including phenoxy) is 1. The number of nitrogens with one attached hydrogen (secondary N) is 1. The Morgan fingerprint density at radius 1 is 1.35 bits per heavy atom. The van der Waals surface area contributed by atoms with Crippen LogP contribution in [0.25, 0.3) is 0 Å². The van der Waals surface area contributed by atoms with Crippen LogP contribution in [0.1, 0.15) is 36.9 Å².